The second-order valence-corrected chi connectivity index (χ2v) is 6.71. The Morgan fingerprint density at radius 2 is 2.29 bits per heavy atom. The Bertz CT molecular complexity index is 854. The van der Waals surface area contributed by atoms with Gasteiger partial charge in [0, 0.05) is 22.6 Å². The summed E-state index contributed by atoms with van der Waals surface area (Å²) in [6, 6.07) is 3.30. The van der Waals surface area contributed by atoms with E-state index in [0.29, 0.717) is 22.1 Å². The third-order valence-electron chi connectivity index (χ3n) is 3.38. The van der Waals surface area contributed by atoms with Crippen molar-refractivity contribution < 1.29 is 14.3 Å². The van der Waals surface area contributed by atoms with Crippen LogP contribution in [0.1, 0.15) is 16.6 Å². The predicted octanol–water partition coefficient (Wildman–Crippen LogP) is 3.76. The van der Waals surface area contributed by atoms with E-state index in [2.05, 4.69) is 31.2 Å². The third kappa shape index (κ3) is 3.22. The average molecular weight is 431 g/mol. The van der Waals surface area contributed by atoms with Gasteiger partial charge >= 0.3 is 5.97 Å². The summed E-state index contributed by atoms with van der Waals surface area (Å²) in [7, 11) is 0. The Morgan fingerprint density at radius 1 is 1.50 bits per heavy atom. The van der Waals surface area contributed by atoms with Gasteiger partial charge < -0.3 is 10.4 Å². The summed E-state index contributed by atoms with van der Waals surface area (Å²) in [6.45, 7) is 0. The lowest BCUT2D eigenvalue weighted by atomic mass is 9.96. The molecule has 2 heterocycles. The Hall–Kier alpha value is -1.77. The van der Waals surface area contributed by atoms with Gasteiger partial charge in [-0.3, -0.25) is 4.99 Å². The van der Waals surface area contributed by atoms with Crippen molar-refractivity contribution in [2.24, 2.45) is 4.99 Å². The molecule has 0 fully saturated rings. The number of carbonyl (C=O) groups is 1. The zero-order valence-corrected chi connectivity index (χ0v) is 15.1. The summed E-state index contributed by atoms with van der Waals surface area (Å²) in [6.07, 6.45) is 1.63. The molecule has 1 aromatic carbocycles. The molecule has 2 aromatic rings. The molecule has 24 heavy (non-hydrogen) atoms. The highest BCUT2D eigenvalue weighted by Gasteiger charge is 2.31. The van der Waals surface area contributed by atoms with Gasteiger partial charge in [-0.1, -0.05) is 33.6 Å². The molecule has 0 radical (unpaired) electrons. The van der Waals surface area contributed by atoms with Crippen LogP contribution in [0.3, 0.4) is 0 Å². The maximum atomic E-state index is 13.8. The van der Waals surface area contributed by atoms with Gasteiger partial charge in [0.15, 0.2) is 10.8 Å². The van der Waals surface area contributed by atoms with Gasteiger partial charge in [-0.25, -0.2) is 14.2 Å². The van der Waals surface area contributed by atoms with E-state index in [1.54, 1.807) is 17.6 Å². The van der Waals surface area contributed by atoms with E-state index in [1.807, 2.05) is 0 Å². The summed E-state index contributed by atoms with van der Waals surface area (Å²) in [5.74, 6) is -1.30. The van der Waals surface area contributed by atoms with Gasteiger partial charge in [0.2, 0.25) is 0 Å². The number of thiazole rings is 1. The summed E-state index contributed by atoms with van der Waals surface area (Å²) < 4.78 is 13.8. The molecular weight excluding hydrogens is 421 g/mol. The molecular formula is C15H10BrClFN3O2S. The first kappa shape index (κ1) is 17.1. The standard InChI is InChI=1S/C15H10BrClFN3O2S/c16-6-10-11(15(22)23)12(7-1-2-8(17)9(18)5-7)21-13(20-10)14-19-3-4-24-14/h1-5,12H,6H2,(H,20,21)(H,22,23)/t12-/m0/s1. The van der Waals surface area contributed by atoms with Crippen molar-refractivity contribution in [2.75, 3.05) is 5.33 Å². The molecule has 3 rings (SSSR count). The molecule has 0 unspecified atom stereocenters. The van der Waals surface area contributed by atoms with Crippen molar-refractivity contribution >= 4 is 50.7 Å². The van der Waals surface area contributed by atoms with E-state index in [1.165, 1.54) is 23.5 Å². The van der Waals surface area contributed by atoms with Gasteiger partial charge in [0.1, 0.15) is 11.9 Å². The molecule has 0 bridgehead atoms. The number of aliphatic imine (C=N–C) groups is 1. The molecule has 1 atom stereocenters. The number of carboxylic acid groups (broad SMARTS) is 1. The van der Waals surface area contributed by atoms with Crippen molar-refractivity contribution in [3.63, 3.8) is 0 Å². The average Bonchev–Trinajstić information content (AvgIpc) is 3.10. The van der Waals surface area contributed by atoms with E-state index in [-0.39, 0.29) is 15.9 Å². The van der Waals surface area contributed by atoms with Crippen molar-refractivity contribution in [3.05, 3.63) is 62.5 Å². The van der Waals surface area contributed by atoms with Gasteiger partial charge in [-0.05, 0) is 17.7 Å². The highest BCUT2D eigenvalue weighted by atomic mass is 79.9. The largest absolute Gasteiger partial charge is 0.478 e. The van der Waals surface area contributed by atoms with Crippen LogP contribution in [-0.2, 0) is 4.79 Å². The highest BCUT2D eigenvalue weighted by Crippen LogP contribution is 2.33. The Balaban J connectivity index is 2.14. The lowest BCUT2D eigenvalue weighted by Crippen LogP contribution is -2.34. The molecule has 0 saturated heterocycles. The lowest BCUT2D eigenvalue weighted by Gasteiger charge is -2.25. The van der Waals surface area contributed by atoms with Crippen molar-refractivity contribution in [3.8, 4) is 0 Å². The molecule has 1 aromatic heterocycles. The number of halogens is 3. The minimum atomic E-state index is -1.13. The molecule has 0 aliphatic carbocycles. The number of aromatic nitrogens is 1. The van der Waals surface area contributed by atoms with Crippen LogP contribution in [0.2, 0.25) is 5.02 Å². The van der Waals surface area contributed by atoms with Crippen LogP contribution in [0.4, 0.5) is 4.39 Å². The number of allylic oxidation sites excluding steroid dienone is 1. The van der Waals surface area contributed by atoms with Crippen molar-refractivity contribution in [2.45, 2.75) is 6.04 Å². The summed E-state index contributed by atoms with van der Waals surface area (Å²) in [5, 5.41) is 15.3. The second-order valence-electron chi connectivity index (χ2n) is 4.85. The normalized spacial score (nSPS) is 17.5. The number of alkyl halides is 1. The molecule has 2 N–H and O–H groups in total. The van der Waals surface area contributed by atoms with Crippen LogP contribution in [0.15, 0.2) is 46.0 Å². The molecule has 0 spiro atoms. The zero-order valence-electron chi connectivity index (χ0n) is 12.0. The highest BCUT2D eigenvalue weighted by molar-refractivity contribution is 9.09. The number of rotatable bonds is 4. The number of benzene rings is 1. The van der Waals surface area contributed by atoms with E-state index in [0.717, 1.165) is 0 Å². The molecule has 5 nitrogen and oxygen atoms in total. The monoisotopic (exact) mass is 429 g/mol. The fourth-order valence-corrected chi connectivity index (χ4v) is 3.47. The maximum absolute atomic E-state index is 13.8. The minimum Gasteiger partial charge on any atom is -0.478 e. The number of aliphatic carboxylic acids is 1. The van der Waals surface area contributed by atoms with Crippen LogP contribution < -0.4 is 5.32 Å². The Kier molecular flexibility index (Phi) is 4.98. The van der Waals surface area contributed by atoms with Gasteiger partial charge in [-0.15, -0.1) is 11.3 Å². The van der Waals surface area contributed by atoms with Crippen LogP contribution >= 0.6 is 38.9 Å². The Morgan fingerprint density at radius 3 is 2.88 bits per heavy atom. The first-order valence-electron chi connectivity index (χ1n) is 6.73. The summed E-state index contributed by atoms with van der Waals surface area (Å²) >= 11 is 10.4. The molecule has 9 heteroatoms. The van der Waals surface area contributed by atoms with Gasteiger partial charge in [0.05, 0.1) is 10.6 Å². The third-order valence-corrected chi connectivity index (χ3v) is 5.03. The van der Waals surface area contributed by atoms with Crippen LogP contribution in [-0.4, -0.2) is 27.2 Å². The Labute approximate surface area is 154 Å². The maximum Gasteiger partial charge on any atom is 0.335 e. The van der Waals surface area contributed by atoms with Crippen LogP contribution in [0.5, 0.6) is 0 Å². The lowest BCUT2D eigenvalue weighted by molar-refractivity contribution is -0.133. The molecule has 0 amide bonds. The quantitative estimate of drug-likeness (QED) is 0.724. The summed E-state index contributed by atoms with van der Waals surface area (Å²) in [5.41, 5.74) is 0.903. The number of nitrogens with zero attached hydrogens (tertiary/aromatic N) is 2. The molecule has 124 valence electrons. The molecule has 1 aliphatic rings. The first-order valence-corrected chi connectivity index (χ1v) is 9.11. The van der Waals surface area contributed by atoms with E-state index in [9.17, 15) is 14.3 Å². The topological polar surface area (TPSA) is 74.6 Å². The predicted molar refractivity (Wildman–Crippen MR) is 94.4 cm³/mol. The molecule has 0 saturated carbocycles. The van der Waals surface area contributed by atoms with Crippen LogP contribution in [0, 0.1) is 5.82 Å². The SMILES string of the molecule is O=C(O)C1=C(CBr)NC(c2nccs2)=N[C@H]1c1ccc(Cl)c(F)c1. The number of hydrogen-bond donors (Lipinski definition) is 2. The van der Waals surface area contributed by atoms with E-state index in [4.69, 9.17) is 11.6 Å². The number of carboxylic acids is 1. The number of amidine groups is 1. The van der Waals surface area contributed by atoms with Gasteiger partial charge in [0.25, 0.3) is 0 Å². The second kappa shape index (κ2) is 7.00. The fourth-order valence-electron chi connectivity index (χ4n) is 2.33. The van der Waals surface area contributed by atoms with E-state index >= 15 is 0 Å². The van der Waals surface area contributed by atoms with Crippen molar-refractivity contribution in [1.29, 1.82) is 0 Å². The fraction of sp³-hybridized carbons (Fsp3) is 0.133. The van der Waals surface area contributed by atoms with Crippen molar-refractivity contribution in [1.82, 2.24) is 10.3 Å². The minimum absolute atomic E-state index is 0.0293. The summed E-state index contributed by atoms with van der Waals surface area (Å²) in [4.78, 5) is 20.4. The smallest absolute Gasteiger partial charge is 0.335 e. The molecule has 1 aliphatic heterocycles. The van der Waals surface area contributed by atoms with Crippen LogP contribution in [0.25, 0.3) is 0 Å². The zero-order chi connectivity index (χ0) is 17.3. The van der Waals surface area contributed by atoms with Gasteiger partial charge in [-0.2, -0.15) is 0 Å². The first-order chi connectivity index (χ1) is 11.5. The van der Waals surface area contributed by atoms with E-state index < -0.39 is 17.8 Å². The number of hydrogen-bond acceptors (Lipinski definition) is 5. The number of nitrogens with one attached hydrogen (secondary N) is 1.